The largest absolute Gasteiger partial charge is 0.497 e. The molecule has 0 atom stereocenters. The van der Waals surface area contributed by atoms with Crippen molar-refractivity contribution in [1.82, 2.24) is 0 Å². The maximum Gasteiger partial charge on any atom is 0.270 e. The van der Waals surface area contributed by atoms with Gasteiger partial charge in [-0.25, -0.2) is 0 Å². The van der Waals surface area contributed by atoms with Gasteiger partial charge < -0.3 is 4.74 Å². The van der Waals surface area contributed by atoms with Crippen LogP contribution in [0.1, 0.15) is 12.5 Å². The molecule has 2 aromatic carbocycles. The second kappa shape index (κ2) is 7.67. The second-order valence-electron chi connectivity index (χ2n) is 4.20. The Labute approximate surface area is 136 Å². The molecule has 0 unspecified atom stereocenters. The van der Waals surface area contributed by atoms with Crippen LogP contribution in [0.2, 0.25) is 0 Å². The van der Waals surface area contributed by atoms with Crippen molar-refractivity contribution in [3.63, 3.8) is 0 Å². The molecule has 0 aliphatic heterocycles. The smallest absolute Gasteiger partial charge is 0.270 e. The fourth-order valence-electron chi connectivity index (χ4n) is 1.76. The molecule has 5 nitrogen and oxygen atoms in total. The number of hydrogen-bond acceptors (Lipinski definition) is 4. The first-order valence-corrected chi connectivity index (χ1v) is 6.04. The van der Waals surface area contributed by atoms with E-state index in [9.17, 15) is 10.1 Å². The van der Waals surface area contributed by atoms with Gasteiger partial charge >= 0.3 is 0 Å². The Bertz CT molecular complexity index is 654. The topological polar surface area (TPSA) is 64.7 Å². The SMILES string of the molecule is COc1ccc(N=C(C)c2cccc([N+](=O)[O-])c2)cc1.[Ir]. The number of non-ortho nitro benzene ring substituents is 1. The van der Waals surface area contributed by atoms with Gasteiger partial charge in [0.1, 0.15) is 5.75 Å². The van der Waals surface area contributed by atoms with E-state index in [0.29, 0.717) is 0 Å². The van der Waals surface area contributed by atoms with Crippen LogP contribution < -0.4 is 4.74 Å². The minimum Gasteiger partial charge on any atom is -0.497 e. The Morgan fingerprint density at radius 2 is 1.86 bits per heavy atom. The Balaban J connectivity index is 0.00000220. The van der Waals surface area contributed by atoms with Crippen LogP contribution in [0.3, 0.4) is 0 Å². The monoisotopic (exact) mass is 463 g/mol. The van der Waals surface area contributed by atoms with Gasteiger partial charge in [0.2, 0.25) is 0 Å². The van der Waals surface area contributed by atoms with Gasteiger partial charge in [0, 0.05) is 43.5 Å². The van der Waals surface area contributed by atoms with Crippen LogP contribution in [0.25, 0.3) is 0 Å². The molecule has 0 N–H and O–H groups in total. The van der Waals surface area contributed by atoms with Gasteiger partial charge in [0.25, 0.3) is 5.69 Å². The van der Waals surface area contributed by atoms with E-state index in [4.69, 9.17) is 4.74 Å². The molecule has 21 heavy (non-hydrogen) atoms. The summed E-state index contributed by atoms with van der Waals surface area (Å²) < 4.78 is 5.08. The van der Waals surface area contributed by atoms with Gasteiger partial charge in [-0.1, -0.05) is 12.1 Å². The number of benzene rings is 2. The minimum absolute atomic E-state index is 0. The predicted octanol–water partition coefficient (Wildman–Crippen LogP) is 3.74. The van der Waals surface area contributed by atoms with Crippen LogP contribution >= 0.6 is 0 Å². The van der Waals surface area contributed by atoms with Crippen LogP contribution in [0.15, 0.2) is 53.5 Å². The molecule has 0 heterocycles. The fraction of sp³-hybridized carbons (Fsp3) is 0.133. The van der Waals surface area contributed by atoms with E-state index in [0.717, 1.165) is 22.7 Å². The third-order valence-corrected chi connectivity index (χ3v) is 2.84. The van der Waals surface area contributed by atoms with Crippen LogP contribution in [-0.2, 0) is 20.1 Å². The van der Waals surface area contributed by atoms with Crippen molar-refractivity contribution in [1.29, 1.82) is 0 Å². The molecular formula is C15H14IrN2O3. The van der Waals surface area contributed by atoms with Gasteiger partial charge in [-0.15, -0.1) is 0 Å². The molecule has 0 amide bonds. The van der Waals surface area contributed by atoms with Crippen molar-refractivity contribution in [2.24, 2.45) is 4.99 Å². The summed E-state index contributed by atoms with van der Waals surface area (Å²) in [5.74, 6) is 0.761. The van der Waals surface area contributed by atoms with E-state index in [-0.39, 0.29) is 25.8 Å². The Morgan fingerprint density at radius 1 is 1.19 bits per heavy atom. The number of aliphatic imine (C=N–C) groups is 1. The summed E-state index contributed by atoms with van der Waals surface area (Å²) >= 11 is 0. The first-order chi connectivity index (χ1) is 9.60. The summed E-state index contributed by atoms with van der Waals surface area (Å²) in [7, 11) is 1.60. The Kier molecular flexibility index (Phi) is 6.21. The molecule has 0 bridgehead atoms. The molecule has 0 fully saturated rings. The quantitative estimate of drug-likeness (QED) is 0.395. The van der Waals surface area contributed by atoms with Crippen molar-refractivity contribution in [3.05, 3.63) is 64.2 Å². The fourth-order valence-corrected chi connectivity index (χ4v) is 1.76. The first-order valence-electron chi connectivity index (χ1n) is 6.04. The van der Waals surface area contributed by atoms with Crippen molar-refractivity contribution in [2.75, 3.05) is 7.11 Å². The molecule has 0 aromatic heterocycles. The summed E-state index contributed by atoms with van der Waals surface area (Å²) in [5.41, 5.74) is 2.29. The Morgan fingerprint density at radius 3 is 2.43 bits per heavy atom. The molecule has 0 aliphatic carbocycles. The normalized spacial score (nSPS) is 10.7. The number of rotatable bonds is 4. The Hall–Kier alpha value is -2.04. The van der Waals surface area contributed by atoms with Crippen molar-refractivity contribution < 1.29 is 29.8 Å². The summed E-state index contributed by atoms with van der Waals surface area (Å²) in [4.78, 5) is 14.8. The summed E-state index contributed by atoms with van der Waals surface area (Å²) in [6.45, 7) is 1.82. The molecule has 0 aliphatic rings. The third-order valence-electron chi connectivity index (χ3n) is 2.84. The van der Waals surface area contributed by atoms with Crippen molar-refractivity contribution in [3.8, 4) is 5.75 Å². The van der Waals surface area contributed by atoms with Gasteiger partial charge in [-0.05, 0) is 31.2 Å². The van der Waals surface area contributed by atoms with Crippen LogP contribution in [0.5, 0.6) is 5.75 Å². The number of methoxy groups -OCH3 is 1. The first kappa shape index (κ1) is 17.0. The second-order valence-corrected chi connectivity index (χ2v) is 4.20. The third kappa shape index (κ3) is 4.48. The van der Waals surface area contributed by atoms with Crippen LogP contribution in [0, 0.1) is 10.1 Å². The maximum absolute atomic E-state index is 10.8. The number of nitro benzene ring substituents is 1. The maximum atomic E-state index is 10.8. The molecule has 6 heteroatoms. The molecule has 111 valence electrons. The summed E-state index contributed by atoms with van der Waals surface area (Å²) in [5, 5.41) is 10.8. The van der Waals surface area contributed by atoms with Crippen LogP contribution in [0.4, 0.5) is 11.4 Å². The van der Waals surface area contributed by atoms with E-state index in [2.05, 4.69) is 4.99 Å². The van der Waals surface area contributed by atoms with Crippen molar-refractivity contribution in [2.45, 2.75) is 6.92 Å². The average molecular weight is 463 g/mol. The zero-order valence-corrected chi connectivity index (χ0v) is 14.0. The molecule has 0 spiro atoms. The number of hydrogen-bond donors (Lipinski definition) is 0. The molecule has 0 saturated heterocycles. The van der Waals surface area contributed by atoms with E-state index in [1.165, 1.54) is 12.1 Å². The average Bonchev–Trinajstić information content (AvgIpc) is 2.48. The number of nitro groups is 1. The zero-order chi connectivity index (χ0) is 14.5. The summed E-state index contributed by atoms with van der Waals surface area (Å²) in [6.07, 6.45) is 0. The number of ether oxygens (including phenoxy) is 1. The minimum atomic E-state index is -0.413. The van der Waals surface area contributed by atoms with Gasteiger partial charge in [-0.3, -0.25) is 15.1 Å². The van der Waals surface area contributed by atoms with E-state index >= 15 is 0 Å². The number of nitrogens with zero attached hydrogens (tertiary/aromatic N) is 2. The molecule has 2 rings (SSSR count). The zero-order valence-electron chi connectivity index (χ0n) is 11.6. The molecule has 1 radical (unpaired) electrons. The van der Waals surface area contributed by atoms with Crippen molar-refractivity contribution >= 4 is 17.1 Å². The van der Waals surface area contributed by atoms with E-state index < -0.39 is 4.92 Å². The van der Waals surface area contributed by atoms with E-state index in [1.807, 2.05) is 31.2 Å². The van der Waals surface area contributed by atoms with Gasteiger partial charge in [0.05, 0.1) is 17.7 Å². The van der Waals surface area contributed by atoms with Crippen LogP contribution in [-0.4, -0.2) is 17.7 Å². The van der Waals surface area contributed by atoms with Gasteiger partial charge in [0.15, 0.2) is 0 Å². The predicted molar refractivity (Wildman–Crippen MR) is 78.0 cm³/mol. The molecule has 2 aromatic rings. The standard InChI is InChI=1S/C15H14N2O3.Ir/c1-11(12-4-3-5-14(10-12)17(18)19)16-13-6-8-15(20-2)9-7-13;/h3-10H,1-2H3;. The van der Waals surface area contributed by atoms with E-state index in [1.54, 1.807) is 19.2 Å². The molecular weight excluding hydrogens is 448 g/mol. The van der Waals surface area contributed by atoms with Gasteiger partial charge in [-0.2, -0.15) is 0 Å². The molecule has 0 saturated carbocycles. The summed E-state index contributed by atoms with van der Waals surface area (Å²) in [6, 6.07) is 13.7.